The monoisotopic (exact) mass is 544 g/mol. The highest BCUT2D eigenvalue weighted by atomic mass is 32.2. The summed E-state index contributed by atoms with van der Waals surface area (Å²) < 4.78 is 74.0. The number of nitrogens with zero attached hydrogens (tertiary/aromatic N) is 2. The zero-order chi connectivity index (χ0) is 27.5. The number of nitrogens with one attached hydrogen (secondary N) is 3. The third-order valence-corrected chi connectivity index (χ3v) is 5.29. The number of anilines is 4. The van der Waals surface area contributed by atoms with Crippen molar-refractivity contribution in [2.75, 3.05) is 10.6 Å². The van der Waals surface area contributed by atoms with Gasteiger partial charge >= 0.3 is 17.9 Å². The highest BCUT2D eigenvalue weighted by Crippen LogP contribution is 2.25. The zero-order valence-electron chi connectivity index (χ0n) is 18.4. The van der Waals surface area contributed by atoms with Crippen LogP contribution >= 0.6 is 0 Å². The number of fused-ring (bicyclic) bond motifs is 1. The fourth-order valence-electron chi connectivity index (χ4n) is 2.83. The molecule has 0 amide bonds. The Morgan fingerprint density at radius 1 is 1.16 bits per heavy atom. The van der Waals surface area contributed by atoms with Crippen LogP contribution < -0.4 is 21.5 Å². The first kappa shape index (κ1) is 27.1. The first-order chi connectivity index (χ1) is 17.1. The molecule has 0 fully saturated rings. The number of aromatic amines is 1. The number of aryl methyl sites for hydroxylation is 1. The Morgan fingerprint density at radius 3 is 2.46 bits per heavy atom. The van der Waals surface area contributed by atoms with Gasteiger partial charge in [0.15, 0.2) is 17.2 Å². The Balaban J connectivity index is 0.000000479. The molecule has 0 bridgehead atoms. The Morgan fingerprint density at radius 2 is 1.84 bits per heavy atom. The van der Waals surface area contributed by atoms with Gasteiger partial charge < -0.3 is 20.2 Å². The second-order valence-corrected chi connectivity index (χ2v) is 8.76. The zero-order valence-corrected chi connectivity index (χ0v) is 19.2. The van der Waals surface area contributed by atoms with Crippen LogP contribution in [0.3, 0.4) is 0 Å². The van der Waals surface area contributed by atoms with Crippen molar-refractivity contribution in [1.29, 1.82) is 0 Å². The molecule has 4 aromatic rings. The molecule has 4 rings (SSSR count). The largest absolute Gasteiger partial charge is 0.490 e. The quantitative estimate of drug-likeness (QED) is 0.233. The van der Waals surface area contributed by atoms with Crippen molar-refractivity contribution in [3.8, 4) is 0 Å². The third-order valence-electron chi connectivity index (χ3n) is 4.37. The SMILES string of the molecule is Cc1cc(Nc2nc(Nc3cccc(S(N)(=O)=O)c3)ncc2F)cc2[nH]c(=O)oc12.O=C(O)C(F)(F)F. The van der Waals surface area contributed by atoms with Crippen molar-refractivity contribution >= 4 is 50.2 Å². The van der Waals surface area contributed by atoms with Crippen molar-refractivity contribution in [2.45, 2.75) is 18.0 Å². The van der Waals surface area contributed by atoms with Crippen LogP contribution in [0.2, 0.25) is 0 Å². The van der Waals surface area contributed by atoms with Gasteiger partial charge in [0.25, 0.3) is 0 Å². The molecule has 0 aliphatic heterocycles. The second-order valence-electron chi connectivity index (χ2n) is 7.20. The number of benzene rings is 2. The van der Waals surface area contributed by atoms with Gasteiger partial charge in [0, 0.05) is 11.4 Å². The van der Waals surface area contributed by atoms with Crippen molar-refractivity contribution in [3.63, 3.8) is 0 Å². The predicted molar refractivity (Wildman–Crippen MR) is 122 cm³/mol. The summed E-state index contributed by atoms with van der Waals surface area (Å²) in [5.74, 6) is -4.16. The summed E-state index contributed by atoms with van der Waals surface area (Å²) in [4.78, 5) is 30.7. The van der Waals surface area contributed by atoms with Crippen LogP contribution in [0.15, 0.2) is 56.7 Å². The maximum atomic E-state index is 14.2. The third kappa shape index (κ3) is 7.01. The molecule has 2 aromatic carbocycles. The minimum absolute atomic E-state index is 0.0278. The number of carboxylic acid groups (broad SMARTS) is 1. The summed E-state index contributed by atoms with van der Waals surface area (Å²) >= 11 is 0. The molecule has 2 aromatic heterocycles. The number of alkyl halides is 3. The number of carbonyl (C=O) groups is 1. The maximum absolute atomic E-state index is 14.2. The van der Waals surface area contributed by atoms with E-state index in [4.69, 9.17) is 19.5 Å². The van der Waals surface area contributed by atoms with Gasteiger partial charge in [-0.15, -0.1) is 0 Å². The van der Waals surface area contributed by atoms with Gasteiger partial charge in [-0.2, -0.15) is 18.2 Å². The van der Waals surface area contributed by atoms with E-state index < -0.39 is 33.7 Å². The highest BCUT2D eigenvalue weighted by molar-refractivity contribution is 7.89. The lowest BCUT2D eigenvalue weighted by atomic mass is 10.2. The number of rotatable bonds is 5. The number of H-pyrrole nitrogens is 1. The van der Waals surface area contributed by atoms with E-state index in [9.17, 15) is 30.8 Å². The summed E-state index contributed by atoms with van der Waals surface area (Å²) in [5.41, 5.74) is 2.35. The first-order valence-corrected chi connectivity index (χ1v) is 11.3. The van der Waals surface area contributed by atoms with Crippen LogP contribution in [-0.4, -0.2) is 40.6 Å². The van der Waals surface area contributed by atoms with E-state index in [0.29, 0.717) is 28.0 Å². The number of aromatic nitrogens is 3. The number of nitrogens with two attached hydrogens (primary N) is 1. The summed E-state index contributed by atoms with van der Waals surface area (Å²) in [7, 11) is -3.88. The number of aliphatic carboxylic acids is 1. The van der Waals surface area contributed by atoms with E-state index in [-0.39, 0.29) is 16.7 Å². The Hall–Kier alpha value is -4.51. The van der Waals surface area contributed by atoms with Gasteiger partial charge in [0.1, 0.15) is 0 Å². The van der Waals surface area contributed by atoms with Gasteiger partial charge in [0.05, 0.1) is 16.6 Å². The van der Waals surface area contributed by atoms with E-state index in [1.807, 2.05) is 0 Å². The second kappa shape index (κ2) is 10.2. The molecule has 6 N–H and O–H groups in total. The van der Waals surface area contributed by atoms with Crippen molar-refractivity contribution in [2.24, 2.45) is 5.14 Å². The lowest BCUT2D eigenvalue weighted by Crippen LogP contribution is -2.21. The number of sulfonamides is 1. The summed E-state index contributed by atoms with van der Waals surface area (Å²) in [6.07, 6.45) is -4.12. The molecule has 2 heterocycles. The smallest absolute Gasteiger partial charge is 0.475 e. The van der Waals surface area contributed by atoms with E-state index in [0.717, 1.165) is 6.20 Å². The van der Waals surface area contributed by atoms with Crippen LogP contribution in [0.1, 0.15) is 5.56 Å². The van der Waals surface area contributed by atoms with Gasteiger partial charge in [-0.3, -0.25) is 4.98 Å². The molecule has 196 valence electrons. The number of carboxylic acids is 1. The molecule has 0 spiro atoms. The van der Waals surface area contributed by atoms with Crippen molar-refractivity contribution in [1.82, 2.24) is 15.0 Å². The molecule has 37 heavy (non-hydrogen) atoms. The molecule has 0 saturated carbocycles. The van der Waals surface area contributed by atoms with Crippen molar-refractivity contribution < 1.29 is 40.3 Å². The van der Waals surface area contributed by atoms with Gasteiger partial charge in [-0.05, 0) is 42.8 Å². The van der Waals surface area contributed by atoms with Crippen LogP contribution in [0.25, 0.3) is 11.1 Å². The molecule has 0 unspecified atom stereocenters. The topological polar surface area (TPSA) is 193 Å². The molecule has 0 aliphatic carbocycles. The van der Waals surface area contributed by atoms with Crippen molar-refractivity contribution in [3.05, 3.63) is 64.5 Å². The molecule has 0 saturated heterocycles. The fraction of sp³-hybridized carbons (Fsp3) is 0.100. The van der Waals surface area contributed by atoms with E-state index >= 15 is 0 Å². The summed E-state index contributed by atoms with van der Waals surface area (Å²) in [6, 6.07) is 8.98. The number of halogens is 4. The molecule has 0 atom stereocenters. The number of oxazole rings is 1. The minimum atomic E-state index is -5.08. The standard InChI is InChI=1S/C18H15FN6O4S.C2HF3O2/c1-9-5-11(7-14-15(9)29-18(26)24-14)22-16-13(19)8-21-17(25-16)23-10-3-2-4-12(6-10)30(20,27)28;3-2(4,5)1(6)7/h2-8H,1H3,(H,24,26)(H2,20,27,28)(H2,21,22,23,25);(H,6,7). The highest BCUT2D eigenvalue weighted by Gasteiger charge is 2.38. The van der Waals surface area contributed by atoms with Crippen LogP contribution in [-0.2, 0) is 14.8 Å². The van der Waals surface area contributed by atoms with Crippen LogP contribution in [0.5, 0.6) is 0 Å². The van der Waals surface area contributed by atoms with E-state index in [1.54, 1.807) is 25.1 Å². The van der Waals surface area contributed by atoms with Crippen LogP contribution in [0, 0.1) is 12.7 Å². The van der Waals surface area contributed by atoms with Crippen LogP contribution in [0.4, 0.5) is 40.7 Å². The Kier molecular flexibility index (Phi) is 7.49. The lowest BCUT2D eigenvalue weighted by Gasteiger charge is -2.10. The maximum Gasteiger partial charge on any atom is 0.490 e. The Labute approximate surface area is 204 Å². The summed E-state index contributed by atoms with van der Waals surface area (Å²) in [6.45, 7) is 1.74. The molecule has 0 aliphatic rings. The fourth-order valence-corrected chi connectivity index (χ4v) is 3.39. The van der Waals surface area contributed by atoms with Gasteiger partial charge in [-0.1, -0.05) is 6.07 Å². The molecule has 0 radical (unpaired) electrons. The Bertz CT molecular complexity index is 1630. The molecular formula is C20H16F4N6O6S. The lowest BCUT2D eigenvalue weighted by molar-refractivity contribution is -0.192. The number of primary sulfonamides is 1. The first-order valence-electron chi connectivity index (χ1n) is 9.76. The average molecular weight is 544 g/mol. The summed E-state index contributed by atoms with van der Waals surface area (Å²) in [5, 5.41) is 17.9. The minimum Gasteiger partial charge on any atom is -0.475 e. The van der Waals surface area contributed by atoms with E-state index in [1.165, 1.54) is 18.2 Å². The molecular weight excluding hydrogens is 528 g/mol. The molecule has 12 nitrogen and oxygen atoms in total. The van der Waals surface area contributed by atoms with E-state index in [2.05, 4.69) is 25.6 Å². The van der Waals surface area contributed by atoms with Gasteiger partial charge in [0.2, 0.25) is 16.0 Å². The molecule has 17 heteroatoms. The van der Waals surface area contributed by atoms with Gasteiger partial charge in [-0.25, -0.2) is 32.5 Å². The number of hydrogen-bond donors (Lipinski definition) is 5. The predicted octanol–water partition coefficient (Wildman–Crippen LogP) is 3.13. The normalized spacial score (nSPS) is 11.5. The number of hydrogen-bond acceptors (Lipinski definition) is 9. The average Bonchev–Trinajstić information content (AvgIpc) is 3.16.